The van der Waals surface area contributed by atoms with Crippen molar-refractivity contribution in [3.63, 3.8) is 0 Å². The van der Waals surface area contributed by atoms with Crippen LogP contribution in [0, 0.1) is 22.7 Å². The zero-order valence-corrected chi connectivity index (χ0v) is 22.0. The first-order valence-electron chi connectivity index (χ1n) is 12.9. The molecule has 1 aromatic rings. The van der Waals surface area contributed by atoms with Crippen molar-refractivity contribution < 1.29 is 17.6 Å². The maximum absolute atomic E-state index is 15.9. The molecular formula is C30H36F4S. The van der Waals surface area contributed by atoms with E-state index in [0.29, 0.717) is 12.8 Å². The summed E-state index contributed by atoms with van der Waals surface area (Å²) in [6, 6.07) is 8.52. The van der Waals surface area contributed by atoms with Crippen molar-refractivity contribution in [3.8, 4) is 0 Å². The van der Waals surface area contributed by atoms with Crippen LogP contribution in [0.4, 0.5) is 17.6 Å². The largest absolute Gasteiger partial charge is 0.422 e. The van der Waals surface area contributed by atoms with Crippen LogP contribution in [0.15, 0.2) is 64.1 Å². The summed E-state index contributed by atoms with van der Waals surface area (Å²) in [7, 11) is 0. The second kappa shape index (κ2) is 8.26. The van der Waals surface area contributed by atoms with Gasteiger partial charge in [-0.25, -0.2) is 4.39 Å². The van der Waals surface area contributed by atoms with Gasteiger partial charge >= 0.3 is 6.18 Å². The highest BCUT2D eigenvalue weighted by Gasteiger charge is 2.73. The van der Waals surface area contributed by atoms with Crippen molar-refractivity contribution >= 4 is 11.8 Å². The standard InChI is InChI=1S/C30H36F4S/c1-18-6-12-22-20(16-18)9-13-23-25-14-15-28(3,29(4,31)30(32,33)34)27(25,2)17-24(26(22)23)19-7-10-21(35-5)11-8-19/h7-8,10-11,16,23-25H,1,6,9,12-15,17H2,2-5H3/t23?,24?,25?,27?,28-,29?/m1/s1. The van der Waals surface area contributed by atoms with Gasteiger partial charge in [-0.05, 0) is 104 Å². The summed E-state index contributed by atoms with van der Waals surface area (Å²) in [6.07, 6.45) is 4.66. The molecule has 190 valence electrons. The molecule has 4 aliphatic rings. The molecule has 0 aromatic heterocycles. The number of benzene rings is 1. The molecule has 0 saturated heterocycles. The summed E-state index contributed by atoms with van der Waals surface area (Å²) in [4.78, 5) is 1.17. The van der Waals surface area contributed by atoms with Crippen LogP contribution in [-0.4, -0.2) is 18.1 Å². The molecule has 5 unspecified atom stereocenters. The van der Waals surface area contributed by atoms with Gasteiger partial charge in [-0.15, -0.1) is 11.8 Å². The van der Waals surface area contributed by atoms with Gasteiger partial charge in [0.2, 0.25) is 5.67 Å². The maximum Gasteiger partial charge on any atom is 0.422 e. The van der Waals surface area contributed by atoms with Crippen molar-refractivity contribution in [2.24, 2.45) is 22.7 Å². The highest BCUT2D eigenvalue weighted by molar-refractivity contribution is 7.98. The van der Waals surface area contributed by atoms with Crippen LogP contribution < -0.4 is 0 Å². The van der Waals surface area contributed by atoms with Gasteiger partial charge in [0, 0.05) is 16.2 Å². The van der Waals surface area contributed by atoms with Crippen molar-refractivity contribution in [1.82, 2.24) is 0 Å². The fourth-order valence-corrected chi connectivity index (χ4v) is 8.62. The van der Waals surface area contributed by atoms with E-state index in [0.717, 1.165) is 43.7 Å². The van der Waals surface area contributed by atoms with Crippen LogP contribution in [0.5, 0.6) is 0 Å². The molecule has 0 radical (unpaired) electrons. The smallest absolute Gasteiger partial charge is 0.234 e. The number of rotatable bonds is 3. The van der Waals surface area contributed by atoms with Gasteiger partial charge in [-0.1, -0.05) is 49.8 Å². The molecule has 5 rings (SSSR count). The van der Waals surface area contributed by atoms with E-state index in [1.807, 2.05) is 13.2 Å². The van der Waals surface area contributed by atoms with Gasteiger partial charge in [-0.3, -0.25) is 0 Å². The zero-order valence-electron chi connectivity index (χ0n) is 21.2. The molecule has 0 bridgehead atoms. The lowest BCUT2D eigenvalue weighted by molar-refractivity contribution is -0.281. The van der Waals surface area contributed by atoms with Gasteiger partial charge in [-0.2, -0.15) is 13.2 Å². The Kier molecular flexibility index (Phi) is 5.94. The Morgan fingerprint density at radius 1 is 1.00 bits per heavy atom. The Labute approximate surface area is 211 Å². The predicted molar refractivity (Wildman–Crippen MR) is 136 cm³/mol. The summed E-state index contributed by atoms with van der Waals surface area (Å²) in [6.45, 7) is 8.55. The molecule has 0 heterocycles. The third kappa shape index (κ3) is 3.54. The molecule has 6 atom stereocenters. The summed E-state index contributed by atoms with van der Waals surface area (Å²) in [5, 5.41) is 0. The Bertz CT molecular complexity index is 1090. The highest BCUT2D eigenvalue weighted by atomic mass is 32.2. The fourth-order valence-electron chi connectivity index (χ4n) is 8.21. The molecule has 4 aliphatic carbocycles. The monoisotopic (exact) mass is 504 g/mol. The van der Waals surface area contributed by atoms with Gasteiger partial charge in [0.15, 0.2) is 0 Å². The van der Waals surface area contributed by atoms with E-state index < -0.39 is 22.7 Å². The van der Waals surface area contributed by atoms with E-state index >= 15 is 4.39 Å². The van der Waals surface area contributed by atoms with Crippen molar-refractivity contribution in [2.75, 3.05) is 6.26 Å². The second-order valence-electron chi connectivity index (χ2n) is 11.8. The minimum absolute atomic E-state index is 0.0173. The predicted octanol–water partition coefficient (Wildman–Crippen LogP) is 9.59. The lowest BCUT2D eigenvalue weighted by Gasteiger charge is -2.58. The van der Waals surface area contributed by atoms with E-state index in [-0.39, 0.29) is 24.2 Å². The minimum Gasteiger partial charge on any atom is -0.234 e. The van der Waals surface area contributed by atoms with Crippen LogP contribution in [0.2, 0.25) is 0 Å². The van der Waals surface area contributed by atoms with E-state index in [1.54, 1.807) is 18.7 Å². The van der Waals surface area contributed by atoms with Crippen LogP contribution in [-0.2, 0) is 0 Å². The van der Waals surface area contributed by atoms with Gasteiger partial charge in [0.05, 0.1) is 0 Å². The molecule has 2 saturated carbocycles. The number of hydrogen-bond donors (Lipinski definition) is 0. The fraction of sp³-hybridized carbons (Fsp3) is 0.600. The Morgan fingerprint density at radius 3 is 2.31 bits per heavy atom. The van der Waals surface area contributed by atoms with Crippen LogP contribution in [0.1, 0.15) is 77.2 Å². The second-order valence-corrected chi connectivity index (χ2v) is 12.7. The average molecular weight is 505 g/mol. The van der Waals surface area contributed by atoms with Gasteiger partial charge in [0.25, 0.3) is 0 Å². The Balaban J connectivity index is 1.68. The molecule has 0 amide bonds. The average Bonchev–Trinajstić information content (AvgIpc) is 3.09. The van der Waals surface area contributed by atoms with Crippen LogP contribution in [0.25, 0.3) is 0 Å². The van der Waals surface area contributed by atoms with E-state index in [9.17, 15) is 13.2 Å². The first-order valence-corrected chi connectivity index (χ1v) is 14.1. The quantitative estimate of drug-likeness (QED) is 0.292. The molecule has 5 heteroatoms. The summed E-state index contributed by atoms with van der Waals surface area (Å²) in [5.74, 6) is 0.299. The summed E-state index contributed by atoms with van der Waals surface area (Å²) >= 11 is 1.68. The SMILES string of the molecule is C=C1C=C2CCC3C(=C2CC1)C(c1ccc(SC)cc1)CC1(C)C3CC[C@@]1(C)C(C)(F)C(F)(F)F. The first-order chi connectivity index (χ1) is 16.3. The number of allylic oxidation sites excluding steroid dienone is 5. The molecule has 0 aliphatic heterocycles. The van der Waals surface area contributed by atoms with E-state index in [1.165, 1.54) is 21.6 Å². The lowest BCUT2D eigenvalue weighted by atomic mass is 9.47. The molecule has 0 spiro atoms. The maximum atomic E-state index is 15.9. The topological polar surface area (TPSA) is 0 Å². The molecule has 35 heavy (non-hydrogen) atoms. The minimum atomic E-state index is -4.89. The normalized spacial score (nSPS) is 36.7. The summed E-state index contributed by atoms with van der Waals surface area (Å²) < 4.78 is 58.4. The molecule has 2 fully saturated rings. The third-order valence-corrected chi connectivity index (χ3v) is 11.3. The van der Waals surface area contributed by atoms with Crippen molar-refractivity contribution in [3.05, 3.63) is 64.8 Å². The van der Waals surface area contributed by atoms with Crippen LogP contribution >= 0.6 is 11.8 Å². The third-order valence-electron chi connectivity index (χ3n) is 10.5. The van der Waals surface area contributed by atoms with Gasteiger partial charge in [0.1, 0.15) is 0 Å². The van der Waals surface area contributed by atoms with Crippen molar-refractivity contribution in [1.29, 1.82) is 0 Å². The first kappa shape index (κ1) is 25.2. The lowest BCUT2D eigenvalue weighted by Crippen LogP contribution is -2.59. The number of thioether (sulfide) groups is 1. The number of hydrogen-bond acceptors (Lipinski definition) is 1. The zero-order chi connectivity index (χ0) is 25.4. The molecule has 0 N–H and O–H groups in total. The molecule has 1 aromatic carbocycles. The number of alkyl halides is 4. The molecule has 0 nitrogen and oxygen atoms in total. The highest BCUT2D eigenvalue weighted by Crippen LogP contribution is 2.73. The Morgan fingerprint density at radius 2 is 1.69 bits per heavy atom. The van der Waals surface area contributed by atoms with Crippen LogP contribution in [0.3, 0.4) is 0 Å². The van der Waals surface area contributed by atoms with E-state index in [4.69, 9.17) is 0 Å². The molecular weight excluding hydrogens is 468 g/mol. The van der Waals surface area contributed by atoms with Crippen molar-refractivity contribution in [2.45, 2.75) is 88.4 Å². The van der Waals surface area contributed by atoms with E-state index in [2.05, 4.69) is 36.9 Å². The number of fused-ring (bicyclic) bond motifs is 4. The summed E-state index contributed by atoms with van der Waals surface area (Å²) in [5.41, 5.74) is 1.10. The van der Waals surface area contributed by atoms with Gasteiger partial charge < -0.3 is 0 Å². The number of halogens is 4. The Hall–Kier alpha value is -1.49.